The maximum absolute atomic E-state index is 13.3. The molecule has 0 saturated carbocycles. The van der Waals surface area contributed by atoms with Crippen molar-refractivity contribution in [3.63, 3.8) is 0 Å². The van der Waals surface area contributed by atoms with Gasteiger partial charge in [0.05, 0.1) is 22.3 Å². The van der Waals surface area contributed by atoms with Gasteiger partial charge in [-0.05, 0) is 77.3 Å². The van der Waals surface area contributed by atoms with E-state index < -0.39 is 24.0 Å². The third kappa shape index (κ3) is 10.1. The molecule has 0 unspecified atom stereocenters. The summed E-state index contributed by atoms with van der Waals surface area (Å²) in [6.45, 7) is 4.07. The minimum atomic E-state index is -0.957. The van der Waals surface area contributed by atoms with E-state index in [4.69, 9.17) is 49.0 Å². The second-order valence-corrected chi connectivity index (χ2v) is 12.1. The molecule has 2 atom stereocenters. The highest BCUT2D eigenvalue weighted by Gasteiger charge is 2.25. The van der Waals surface area contributed by atoms with Crippen LogP contribution >= 0.6 is 50.7 Å². The Morgan fingerprint density at radius 3 is 2.35 bits per heavy atom. The van der Waals surface area contributed by atoms with E-state index in [2.05, 4.69) is 31.8 Å². The molecule has 0 aliphatic heterocycles. The Labute approximate surface area is 291 Å². The number of nitrogens with zero attached hydrogens (tertiary/aromatic N) is 1. The highest BCUT2D eigenvalue weighted by atomic mass is 79.9. The number of ether oxygens (including phenoxy) is 3. The first-order valence-electron chi connectivity index (χ1n) is 14.3. The first-order chi connectivity index (χ1) is 22.1. The molecule has 0 bridgehead atoms. The first kappa shape index (κ1) is 35.1. The van der Waals surface area contributed by atoms with Gasteiger partial charge >= 0.3 is 0 Å². The molecule has 0 aliphatic carbocycles. The normalized spacial score (nSPS) is 12.3. The number of halogens is 4. The fourth-order valence-corrected chi connectivity index (χ4v) is 5.46. The molecular weight excluding hydrogens is 717 g/mol. The number of hydrogen-bond donors (Lipinski definition) is 2. The number of nitrogens with one attached hydrogen (secondary N) is 2. The average Bonchev–Trinajstić information content (AvgIpc) is 3.03. The number of benzene rings is 4. The summed E-state index contributed by atoms with van der Waals surface area (Å²) in [5, 5.41) is 8.22. The lowest BCUT2D eigenvalue weighted by molar-refractivity contribution is -0.132. The molecule has 0 spiro atoms. The monoisotopic (exact) mass is 745 g/mol. The average molecular weight is 748 g/mol. The summed E-state index contributed by atoms with van der Waals surface area (Å²) in [6.07, 6.45) is 0.736. The first-order valence-corrected chi connectivity index (χ1v) is 16.2. The minimum Gasteiger partial charge on any atom is -0.490 e. The molecule has 12 heteroatoms. The zero-order valence-corrected chi connectivity index (χ0v) is 28.8. The van der Waals surface area contributed by atoms with E-state index in [1.54, 1.807) is 37.3 Å². The number of hydrazone groups is 1. The standard InChI is InChI=1S/C34H31BrCl3N3O5/c1-3-44-31-17-23(15-26(35)32(31)45-20-24-11-7-8-12-27(24)37)19-39-41-34(43)29(16-22-9-5-4-6-10-22)40-33(42)21(2)46-30-14-13-25(36)18-28(30)38/h4-15,17-19,21,29H,3,16,20H2,1-2H3,(H,40,42)(H,41,43)/b39-19-/t21-,29+/m0/s1. The van der Waals surface area contributed by atoms with Crippen LogP contribution in [0.5, 0.6) is 17.2 Å². The van der Waals surface area contributed by atoms with E-state index in [9.17, 15) is 9.59 Å². The third-order valence-corrected chi connectivity index (χ3v) is 8.02. The van der Waals surface area contributed by atoms with Crippen LogP contribution in [-0.2, 0) is 22.6 Å². The predicted octanol–water partition coefficient (Wildman–Crippen LogP) is 8.03. The van der Waals surface area contributed by atoms with Gasteiger partial charge in [-0.15, -0.1) is 0 Å². The van der Waals surface area contributed by atoms with Crippen molar-refractivity contribution in [3.05, 3.63) is 121 Å². The number of rotatable bonds is 14. The summed E-state index contributed by atoms with van der Waals surface area (Å²) in [7, 11) is 0. The van der Waals surface area contributed by atoms with Crippen LogP contribution in [0.4, 0.5) is 0 Å². The maximum atomic E-state index is 13.3. The van der Waals surface area contributed by atoms with Gasteiger partial charge in [0.1, 0.15) is 18.4 Å². The largest absolute Gasteiger partial charge is 0.490 e. The van der Waals surface area contributed by atoms with Gasteiger partial charge in [-0.25, -0.2) is 5.43 Å². The van der Waals surface area contributed by atoms with E-state index in [1.165, 1.54) is 12.3 Å². The van der Waals surface area contributed by atoms with Crippen molar-refractivity contribution in [1.82, 2.24) is 10.7 Å². The lowest BCUT2D eigenvalue weighted by atomic mass is 10.1. The molecule has 0 aliphatic rings. The van der Waals surface area contributed by atoms with Crippen LogP contribution in [0.25, 0.3) is 0 Å². The molecule has 4 aromatic carbocycles. The zero-order valence-electron chi connectivity index (χ0n) is 24.9. The van der Waals surface area contributed by atoms with Gasteiger partial charge in [0.15, 0.2) is 17.6 Å². The van der Waals surface area contributed by atoms with Gasteiger partial charge in [-0.2, -0.15) is 5.10 Å². The van der Waals surface area contributed by atoms with Crippen molar-refractivity contribution in [2.75, 3.05) is 6.61 Å². The fourth-order valence-electron chi connectivity index (χ4n) is 4.24. The molecule has 0 fully saturated rings. The Morgan fingerprint density at radius 2 is 1.63 bits per heavy atom. The van der Waals surface area contributed by atoms with Crippen LogP contribution in [0.15, 0.2) is 94.5 Å². The summed E-state index contributed by atoms with van der Waals surface area (Å²) >= 11 is 22.0. The summed E-state index contributed by atoms with van der Waals surface area (Å²) in [5.41, 5.74) is 4.85. The minimum absolute atomic E-state index is 0.222. The summed E-state index contributed by atoms with van der Waals surface area (Å²) in [5.74, 6) is 0.253. The number of carbonyl (C=O) groups excluding carboxylic acids is 2. The van der Waals surface area contributed by atoms with Crippen molar-refractivity contribution in [1.29, 1.82) is 0 Å². The predicted molar refractivity (Wildman–Crippen MR) is 185 cm³/mol. The molecule has 8 nitrogen and oxygen atoms in total. The summed E-state index contributed by atoms with van der Waals surface area (Å²) in [6, 6.07) is 24.0. The van der Waals surface area contributed by atoms with Crippen molar-refractivity contribution < 1.29 is 23.8 Å². The Morgan fingerprint density at radius 1 is 0.891 bits per heavy atom. The topological polar surface area (TPSA) is 98.2 Å². The number of hydrogen-bond acceptors (Lipinski definition) is 6. The lowest BCUT2D eigenvalue weighted by Crippen LogP contribution is -2.50. The smallest absolute Gasteiger partial charge is 0.262 e. The molecule has 0 saturated heterocycles. The molecular formula is C34H31BrCl3N3O5. The Balaban J connectivity index is 1.45. The molecule has 0 aromatic heterocycles. The quantitative estimate of drug-likeness (QED) is 0.101. The van der Waals surface area contributed by atoms with E-state index in [0.717, 1.165) is 11.1 Å². The third-order valence-electron chi connectivity index (χ3n) is 6.53. The van der Waals surface area contributed by atoms with E-state index >= 15 is 0 Å². The Kier molecular flexibility index (Phi) is 13.2. The van der Waals surface area contributed by atoms with E-state index in [0.29, 0.717) is 43.9 Å². The van der Waals surface area contributed by atoms with Gasteiger partial charge in [0.2, 0.25) is 0 Å². The lowest BCUT2D eigenvalue weighted by Gasteiger charge is -2.21. The van der Waals surface area contributed by atoms with Gasteiger partial charge in [-0.1, -0.05) is 83.3 Å². The number of amides is 2. The van der Waals surface area contributed by atoms with E-state index in [-0.39, 0.29) is 18.1 Å². The van der Waals surface area contributed by atoms with Crippen LogP contribution in [0.2, 0.25) is 15.1 Å². The molecule has 46 heavy (non-hydrogen) atoms. The molecule has 240 valence electrons. The van der Waals surface area contributed by atoms with Gasteiger partial charge in [-0.3, -0.25) is 9.59 Å². The zero-order chi connectivity index (χ0) is 33.1. The van der Waals surface area contributed by atoms with Crippen molar-refractivity contribution in [3.8, 4) is 17.2 Å². The van der Waals surface area contributed by atoms with Crippen LogP contribution in [-0.4, -0.2) is 36.8 Å². The SMILES string of the molecule is CCOc1cc(/C=N\NC(=O)[C@@H](Cc2ccccc2)NC(=O)[C@H](C)Oc2ccc(Cl)cc2Cl)cc(Br)c1OCc1ccccc1Cl. The van der Waals surface area contributed by atoms with Crippen molar-refractivity contribution in [2.24, 2.45) is 5.10 Å². The molecule has 0 heterocycles. The Bertz CT molecular complexity index is 1690. The highest BCUT2D eigenvalue weighted by Crippen LogP contribution is 2.37. The second kappa shape index (κ2) is 17.2. The van der Waals surface area contributed by atoms with Crippen molar-refractivity contribution in [2.45, 2.75) is 39.0 Å². The molecule has 2 amide bonds. The molecule has 4 aromatic rings. The number of carbonyl (C=O) groups is 2. The van der Waals surface area contributed by atoms with Crippen LogP contribution in [0, 0.1) is 0 Å². The second-order valence-electron chi connectivity index (χ2n) is 9.96. The molecule has 2 N–H and O–H groups in total. The highest BCUT2D eigenvalue weighted by molar-refractivity contribution is 9.10. The van der Waals surface area contributed by atoms with Gasteiger partial charge < -0.3 is 19.5 Å². The fraction of sp³-hybridized carbons (Fsp3) is 0.206. The maximum Gasteiger partial charge on any atom is 0.262 e. The molecule has 0 radical (unpaired) electrons. The van der Waals surface area contributed by atoms with E-state index in [1.807, 2.05) is 55.5 Å². The van der Waals surface area contributed by atoms with Gasteiger partial charge in [0.25, 0.3) is 11.8 Å². The Hall–Kier alpha value is -3.76. The van der Waals surface area contributed by atoms with Crippen molar-refractivity contribution >= 4 is 68.8 Å². The molecule has 4 rings (SSSR count). The van der Waals surface area contributed by atoms with Gasteiger partial charge in [0, 0.05) is 22.0 Å². The van der Waals surface area contributed by atoms with Crippen LogP contribution < -0.4 is 25.0 Å². The van der Waals surface area contributed by atoms with Crippen LogP contribution in [0.1, 0.15) is 30.5 Å². The summed E-state index contributed by atoms with van der Waals surface area (Å²) in [4.78, 5) is 26.4. The van der Waals surface area contributed by atoms with Crippen LogP contribution in [0.3, 0.4) is 0 Å². The summed E-state index contributed by atoms with van der Waals surface area (Å²) < 4.78 is 18.2.